The lowest BCUT2D eigenvalue weighted by molar-refractivity contribution is 0.772. The smallest absolute Gasteiger partial charge is 0.0243 e. The van der Waals surface area contributed by atoms with Crippen LogP contribution in [0.15, 0.2) is 66.2 Å². The van der Waals surface area contributed by atoms with Gasteiger partial charge in [0, 0.05) is 5.41 Å². The Morgan fingerprint density at radius 1 is 0.895 bits per heavy atom. The van der Waals surface area contributed by atoms with E-state index in [1.54, 1.807) is 11.1 Å². The number of benzene rings is 2. The molecule has 1 saturated carbocycles. The van der Waals surface area contributed by atoms with Gasteiger partial charge in [0.1, 0.15) is 0 Å². The van der Waals surface area contributed by atoms with Gasteiger partial charge in [0.2, 0.25) is 0 Å². The maximum atomic E-state index is 2.32. The van der Waals surface area contributed by atoms with E-state index in [1.165, 1.54) is 24.0 Å². The molecule has 2 unspecified atom stereocenters. The van der Waals surface area contributed by atoms with Crippen LogP contribution in [0, 0.1) is 5.92 Å². The molecule has 0 amide bonds. The van der Waals surface area contributed by atoms with Crippen LogP contribution in [-0.4, -0.2) is 0 Å². The fourth-order valence-electron chi connectivity index (χ4n) is 4.08. The monoisotopic (exact) mass is 246 g/mol. The van der Waals surface area contributed by atoms with Gasteiger partial charge in [0.05, 0.1) is 0 Å². The lowest BCUT2D eigenvalue weighted by Gasteiger charge is -2.20. The predicted octanol–water partition coefficient (Wildman–Crippen LogP) is 4.82. The number of fused-ring (bicyclic) bond motifs is 1. The van der Waals surface area contributed by atoms with Crippen molar-refractivity contribution in [3.63, 3.8) is 0 Å². The molecule has 1 fully saturated rings. The highest BCUT2D eigenvalue weighted by Crippen LogP contribution is 2.69. The molecule has 0 saturated heterocycles. The largest absolute Gasteiger partial charge is 0.0683 e. The van der Waals surface area contributed by atoms with Crippen LogP contribution < -0.4 is 0 Å². The highest BCUT2D eigenvalue weighted by Gasteiger charge is 2.61. The maximum absolute atomic E-state index is 2.32. The molecule has 0 N–H and O–H groups in total. The molecule has 0 heteroatoms. The number of allylic oxidation sites excluding steroid dienone is 2. The minimum atomic E-state index is 0.326. The second kappa shape index (κ2) is 3.84. The van der Waals surface area contributed by atoms with Crippen LogP contribution >= 0.6 is 0 Å². The Morgan fingerprint density at radius 3 is 2.21 bits per heavy atom. The van der Waals surface area contributed by atoms with Crippen molar-refractivity contribution in [3.05, 3.63) is 77.4 Å². The molecule has 2 aromatic carbocycles. The van der Waals surface area contributed by atoms with Crippen LogP contribution in [0.25, 0.3) is 5.57 Å². The molecule has 2 atom stereocenters. The average molecular weight is 246 g/mol. The van der Waals surface area contributed by atoms with Crippen molar-refractivity contribution < 1.29 is 0 Å². The van der Waals surface area contributed by atoms with Crippen molar-refractivity contribution in [2.75, 3.05) is 0 Å². The first-order chi connectivity index (χ1) is 9.32. The van der Waals surface area contributed by atoms with Crippen LogP contribution in [0.4, 0.5) is 0 Å². The molecule has 2 aliphatic carbocycles. The molecule has 0 spiro atoms. The van der Waals surface area contributed by atoms with Crippen molar-refractivity contribution in [2.45, 2.75) is 25.2 Å². The number of hydrogen-bond donors (Lipinski definition) is 0. The Labute approximate surface area is 114 Å². The molecule has 0 nitrogen and oxygen atoms in total. The quantitative estimate of drug-likeness (QED) is 0.712. The van der Waals surface area contributed by atoms with Gasteiger partial charge in [-0.2, -0.15) is 0 Å². The highest BCUT2D eigenvalue weighted by atomic mass is 14.6. The summed E-state index contributed by atoms with van der Waals surface area (Å²) >= 11 is 0. The number of rotatable bonds is 2. The second-order valence-corrected chi connectivity index (χ2v) is 5.96. The zero-order valence-corrected chi connectivity index (χ0v) is 11.3. The van der Waals surface area contributed by atoms with E-state index in [1.807, 2.05) is 0 Å². The third-order valence-electron chi connectivity index (χ3n) is 4.88. The minimum Gasteiger partial charge on any atom is -0.0683 e. The highest BCUT2D eigenvalue weighted by molar-refractivity contribution is 5.84. The first kappa shape index (κ1) is 11.0. The molecule has 0 bridgehead atoms. The molecule has 0 aliphatic heterocycles. The minimum absolute atomic E-state index is 0.326. The molecule has 0 heterocycles. The molecule has 0 aromatic heterocycles. The van der Waals surface area contributed by atoms with Gasteiger partial charge in [0.15, 0.2) is 0 Å². The van der Waals surface area contributed by atoms with E-state index in [9.17, 15) is 0 Å². The lowest BCUT2D eigenvalue weighted by Crippen LogP contribution is -2.10. The summed E-state index contributed by atoms with van der Waals surface area (Å²) in [6.07, 6.45) is 2.61. The fraction of sp³-hybridized carbons (Fsp3) is 0.263. The summed E-state index contributed by atoms with van der Waals surface area (Å²) in [6.45, 7) is 2.32. The summed E-state index contributed by atoms with van der Waals surface area (Å²) in [6, 6.07) is 22.0. The Hall–Kier alpha value is -1.82. The van der Waals surface area contributed by atoms with E-state index in [0.29, 0.717) is 5.41 Å². The Bertz CT molecular complexity index is 636. The van der Waals surface area contributed by atoms with Crippen LogP contribution in [0.2, 0.25) is 0 Å². The zero-order chi connectivity index (χ0) is 12.9. The van der Waals surface area contributed by atoms with Crippen LogP contribution in [-0.2, 0) is 5.41 Å². The van der Waals surface area contributed by atoms with Crippen molar-refractivity contribution in [1.82, 2.24) is 0 Å². The predicted molar refractivity (Wildman–Crippen MR) is 79.9 cm³/mol. The normalized spacial score (nSPS) is 28.4. The van der Waals surface area contributed by atoms with Gasteiger partial charge < -0.3 is 0 Å². The van der Waals surface area contributed by atoms with Gasteiger partial charge in [-0.15, -0.1) is 0 Å². The third-order valence-corrected chi connectivity index (χ3v) is 4.88. The third kappa shape index (κ3) is 1.46. The van der Waals surface area contributed by atoms with Crippen molar-refractivity contribution in [1.29, 1.82) is 0 Å². The summed E-state index contributed by atoms with van der Waals surface area (Å²) in [5, 5.41) is 0. The van der Waals surface area contributed by atoms with E-state index in [2.05, 4.69) is 67.6 Å². The standard InChI is InChI=1S/C19H18/c1-14-12-17-13-19(17,16-10-6-3-7-11-16)18(14)15-8-4-2-5-9-15/h2-11,17H,12-13H2,1H3. The molecule has 2 aromatic rings. The molecule has 4 rings (SSSR count). The topological polar surface area (TPSA) is 0 Å². The molecular formula is C19H18. The summed E-state index contributed by atoms with van der Waals surface area (Å²) in [4.78, 5) is 0. The van der Waals surface area contributed by atoms with E-state index >= 15 is 0 Å². The Balaban J connectivity index is 1.88. The fourth-order valence-corrected chi connectivity index (χ4v) is 4.08. The molecular weight excluding hydrogens is 228 g/mol. The SMILES string of the molecule is CC1=C(c2ccccc2)C2(c3ccccc3)CC2C1. The van der Waals surface area contributed by atoms with Gasteiger partial charge in [-0.3, -0.25) is 0 Å². The van der Waals surface area contributed by atoms with Gasteiger partial charge in [0.25, 0.3) is 0 Å². The molecule has 19 heavy (non-hydrogen) atoms. The summed E-state index contributed by atoms with van der Waals surface area (Å²) in [7, 11) is 0. The summed E-state index contributed by atoms with van der Waals surface area (Å²) in [5.74, 6) is 0.838. The number of hydrogen-bond acceptors (Lipinski definition) is 0. The van der Waals surface area contributed by atoms with E-state index in [0.717, 1.165) is 5.92 Å². The van der Waals surface area contributed by atoms with Gasteiger partial charge in [-0.1, -0.05) is 66.2 Å². The Morgan fingerprint density at radius 2 is 1.53 bits per heavy atom. The second-order valence-electron chi connectivity index (χ2n) is 5.96. The van der Waals surface area contributed by atoms with Crippen LogP contribution in [0.3, 0.4) is 0 Å². The average Bonchev–Trinajstić information content (AvgIpc) is 3.08. The van der Waals surface area contributed by atoms with Crippen molar-refractivity contribution in [2.24, 2.45) is 5.92 Å². The molecule has 0 radical (unpaired) electrons. The van der Waals surface area contributed by atoms with Crippen LogP contribution in [0.1, 0.15) is 30.9 Å². The van der Waals surface area contributed by atoms with Gasteiger partial charge in [-0.25, -0.2) is 0 Å². The lowest BCUT2D eigenvalue weighted by atomic mass is 9.83. The van der Waals surface area contributed by atoms with E-state index in [-0.39, 0.29) is 0 Å². The van der Waals surface area contributed by atoms with Gasteiger partial charge >= 0.3 is 0 Å². The maximum Gasteiger partial charge on any atom is 0.0243 e. The molecule has 94 valence electrons. The van der Waals surface area contributed by atoms with Crippen LogP contribution in [0.5, 0.6) is 0 Å². The summed E-state index contributed by atoms with van der Waals surface area (Å²) in [5.41, 5.74) is 6.45. The van der Waals surface area contributed by atoms with E-state index < -0.39 is 0 Å². The van der Waals surface area contributed by atoms with E-state index in [4.69, 9.17) is 0 Å². The molecule has 2 aliphatic rings. The zero-order valence-electron chi connectivity index (χ0n) is 11.3. The van der Waals surface area contributed by atoms with Crippen molar-refractivity contribution in [3.8, 4) is 0 Å². The first-order valence-electron chi connectivity index (χ1n) is 7.13. The van der Waals surface area contributed by atoms with Gasteiger partial charge in [-0.05, 0) is 42.4 Å². The summed E-state index contributed by atoms with van der Waals surface area (Å²) < 4.78 is 0. The Kier molecular flexibility index (Phi) is 2.23. The first-order valence-corrected chi connectivity index (χ1v) is 7.13. The van der Waals surface area contributed by atoms with Crippen molar-refractivity contribution >= 4 is 5.57 Å².